The van der Waals surface area contributed by atoms with E-state index in [1.807, 2.05) is 0 Å². The Morgan fingerprint density at radius 3 is 2.56 bits per heavy atom. The SMILES string of the molecule is COC(=O)c1ccc(S(=O)(=O)n2ccc(NC(O)c3ccccn3)c2)cc1. The highest BCUT2D eigenvalue weighted by molar-refractivity contribution is 7.90. The number of carbonyl (C=O) groups is 1. The van der Waals surface area contributed by atoms with E-state index in [2.05, 4.69) is 15.0 Å². The van der Waals surface area contributed by atoms with E-state index in [-0.39, 0.29) is 10.5 Å². The van der Waals surface area contributed by atoms with Crippen molar-refractivity contribution < 1.29 is 23.1 Å². The fourth-order valence-corrected chi connectivity index (χ4v) is 3.58. The minimum atomic E-state index is -3.84. The first-order valence-electron chi connectivity index (χ1n) is 7.89. The average Bonchev–Trinajstić information content (AvgIpc) is 3.17. The van der Waals surface area contributed by atoms with Crippen molar-refractivity contribution in [1.29, 1.82) is 0 Å². The minimum absolute atomic E-state index is 0.0163. The zero-order valence-corrected chi connectivity index (χ0v) is 15.1. The molecular weight excluding hydrogens is 370 g/mol. The molecule has 1 unspecified atom stereocenters. The maximum Gasteiger partial charge on any atom is 0.337 e. The molecule has 0 bridgehead atoms. The highest BCUT2D eigenvalue weighted by Crippen LogP contribution is 2.20. The highest BCUT2D eigenvalue weighted by Gasteiger charge is 2.18. The van der Waals surface area contributed by atoms with E-state index in [1.165, 1.54) is 49.8 Å². The molecule has 0 saturated carbocycles. The number of aliphatic hydroxyl groups excluding tert-OH is 1. The summed E-state index contributed by atoms with van der Waals surface area (Å²) in [5, 5.41) is 12.9. The lowest BCUT2D eigenvalue weighted by molar-refractivity contribution is 0.0600. The van der Waals surface area contributed by atoms with Crippen molar-refractivity contribution in [2.45, 2.75) is 11.1 Å². The molecule has 0 spiro atoms. The summed E-state index contributed by atoms with van der Waals surface area (Å²) in [5.74, 6) is -0.546. The van der Waals surface area contributed by atoms with Crippen LogP contribution in [-0.4, -0.2) is 35.6 Å². The van der Waals surface area contributed by atoms with Crippen LogP contribution in [0.15, 0.2) is 72.0 Å². The number of aromatic nitrogens is 2. The van der Waals surface area contributed by atoms with E-state index < -0.39 is 22.2 Å². The zero-order valence-electron chi connectivity index (χ0n) is 14.3. The molecule has 0 saturated heterocycles. The van der Waals surface area contributed by atoms with E-state index in [0.717, 1.165) is 3.97 Å². The lowest BCUT2D eigenvalue weighted by Gasteiger charge is -2.12. The van der Waals surface area contributed by atoms with Crippen molar-refractivity contribution in [3.63, 3.8) is 0 Å². The van der Waals surface area contributed by atoms with Crippen LogP contribution in [0.25, 0.3) is 0 Å². The standard InChI is InChI=1S/C18H17N3O5S/c1-26-18(23)13-5-7-15(8-6-13)27(24,25)21-11-9-14(12-21)20-17(22)16-4-2-3-10-19-16/h2-12,17,20,22H,1H3. The van der Waals surface area contributed by atoms with Crippen LogP contribution in [0.5, 0.6) is 0 Å². The van der Waals surface area contributed by atoms with Gasteiger partial charge in [-0.05, 0) is 42.5 Å². The number of nitrogens with one attached hydrogen (secondary N) is 1. The molecule has 0 fully saturated rings. The third-order valence-electron chi connectivity index (χ3n) is 3.79. The zero-order chi connectivity index (χ0) is 19.4. The summed E-state index contributed by atoms with van der Waals surface area (Å²) in [6.45, 7) is 0. The number of methoxy groups -OCH3 is 1. The van der Waals surface area contributed by atoms with Crippen molar-refractivity contribution in [3.05, 3.63) is 78.4 Å². The van der Waals surface area contributed by atoms with Crippen LogP contribution in [0.4, 0.5) is 5.69 Å². The lowest BCUT2D eigenvalue weighted by atomic mass is 10.2. The van der Waals surface area contributed by atoms with Crippen molar-refractivity contribution in [2.24, 2.45) is 0 Å². The van der Waals surface area contributed by atoms with Gasteiger partial charge in [-0.2, -0.15) is 0 Å². The molecule has 3 rings (SSSR count). The summed E-state index contributed by atoms with van der Waals surface area (Å²) >= 11 is 0. The Morgan fingerprint density at radius 2 is 1.93 bits per heavy atom. The number of pyridine rings is 1. The first-order chi connectivity index (χ1) is 12.9. The predicted octanol–water partition coefficient (Wildman–Crippen LogP) is 2.01. The second-order valence-electron chi connectivity index (χ2n) is 5.55. The van der Waals surface area contributed by atoms with Gasteiger partial charge >= 0.3 is 5.97 Å². The first kappa shape index (κ1) is 18.6. The number of nitrogens with zero attached hydrogens (tertiary/aromatic N) is 2. The Bertz CT molecular complexity index is 1030. The molecule has 3 aromatic rings. The molecule has 8 nitrogen and oxygen atoms in total. The van der Waals surface area contributed by atoms with Gasteiger partial charge in [0.1, 0.15) is 0 Å². The van der Waals surface area contributed by atoms with Crippen LogP contribution in [0, 0.1) is 0 Å². The maximum atomic E-state index is 12.7. The van der Waals surface area contributed by atoms with Crippen LogP contribution in [0.2, 0.25) is 0 Å². The van der Waals surface area contributed by atoms with Crippen LogP contribution in [0.3, 0.4) is 0 Å². The van der Waals surface area contributed by atoms with Crippen LogP contribution in [0.1, 0.15) is 22.3 Å². The van der Waals surface area contributed by atoms with Gasteiger partial charge < -0.3 is 15.2 Å². The van der Waals surface area contributed by atoms with Crippen molar-refractivity contribution in [1.82, 2.24) is 8.96 Å². The molecule has 27 heavy (non-hydrogen) atoms. The van der Waals surface area contributed by atoms with E-state index >= 15 is 0 Å². The second kappa shape index (κ2) is 7.60. The lowest BCUT2D eigenvalue weighted by Crippen LogP contribution is -2.13. The molecule has 1 atom stereocenters. The van der Waals surface area contributed by atoms with Crippen LogP contribution >= 0.6 is 0 Å². The van der Waals surface area contributed by atoms with E-state index in [1.54, 1.807) is 24.4 Å². The monoisotopic (exact) mass is 387 g/mol. The number of carbonyl (C=O) groups excluding carboxylic acids is 1. The molecule has 0 aliphatic rings. The first-order valence-corrected chi connectivity index (χ1v) is 9.33. The minimum Gasteiger partial charge on any atom is -0.465 e. The normalized spacial score (nSPS) is 12.4. The van der Waals surface area contributed by atoms with Gasteiger partial charge in [-0.25, -0.2) is 17.2 Å². The summed E-state index contributed by atoms with van der Waals surface area (Å²) in [6, 6.07) is 12.1. The maximum absolute atomic E-state index is 12.7. The second-order valence-corrected chi connectivity index (χ2v) is 7.40. The van der Waals surface area contributed by atoms with Crippen LogP contribution < -0.4 is 5.32 Å². The fourth-order valence-electron chi connectivity index (χ4n) is 2.38. The van der Waals surface area contributed by atoms with Gasteiger partial charge in [0, 0.05) is 18.6 Å². The number of hydrogen-bond acceptors (Lipinski definition) is 7. The molecule has 9 heteroatoms. The molecule has 2 aromatic heterocycles. The number of hydrogen-bond donors (Lipinski definition) is 2. The highest BCUT2D eigenvalue weighted by atomic mass is 32.2. The molecule has 2 heterocycles. The number of benzene rings is 1. The number of esters is 1. The molecule has 140 valence electrons. The summed E-state index contributed by atoms with van der Waals surface area (Å²) < 4.78 is 31.0. The Morgan fingerprint density at radius 1 is 1.19 bits per heavy atom. The third kappa shape index (κ3) is 3.99. The van der Waals surface area contributed by atoms with Crippen LogP contribution in [-0.2, 0) is 14.8 Å². The van der Waals surface area contributed by atoms with E-state index in [4.69, 9.17) is 0 Å². The van der Waals surface area contributed by atoms with Gasteiger partial charge in [0.05, 0.1) is 29.0 Å². The summed E-state index contributed by atoms with van der Waals surface area (Å²) in [7, 11) is -2.59. The van der Waals surface area contributed by atoms with Gasteiger partial charge in [-0.3, -0.25) is 4.98 Å². The van der Waals surface area contributed by atoms with Crippen molar-refractivity contribution >= 4 is 21.7 Å². The van der Waals surface area contributed by atoms with E-state index in [9.17, 15) is 18.3 Å². The van der Waals surface area contributed by atoms with Gasteiger partial charge in [-0.1, -0.05) is 6.07 Å². The molecule has 0 aliphatic carbocycles. The largest absolute Gasteiger partial charge is 0.465 e. The Labute approximate surface area is 156 Å². The van der Waals surface area contributed by atoms with Crippen molar-refractivity contribution in [3.8, 4) is 0 Å². The molecule has 1 aromatic carbocycles. The third-order valence-corrected chi connectivity index (χ3v) is 5.44. The van der Waals surface area contributed by atoms with Gasteiger partial charge in [-0.15, -0.1) is 0 Å². The average molecular weight is 387 g/mol. The number of ether oxygens (including phenoxy) is 1. The quantitative estimate of drug-likeness (QED) is 0.492. The Kier molecular flexibility index (Phi) is 5.24. The van der Waals surface area contributed by atoms with Gasteiger partial charge in [0.2, 0.25) is 0 Å². The smallest absolute Gasteiger partial charge is 0.337 e. The Hall–Kier alpha value is -3.17. The number of aliphatic hydroxyl groups is 1. The molecule has 0 radical (unpaired) electrons. The molecular formula is C18H17N3O5S. The summed E-state index contributed by atoms with van der Waals surface area (Å²) in [4.78, 5) is 15.5. The number of rotatable bonds is 6. The van der Waals surface area contributed by atoms with Gasteiger partial charge in [0.15, 0.2) is 6.23 Å². The van der Waals surface area contributed by atoms with E-state index in [0.29, 0.717) is 11.4 Å². The fraction of sp³-hybridized carbons (Fsp3) is 0.111. The van der Waals surface area contributed by atoms with Gasteiger partial charge in [0.25, 0.3) is 10.0 Å². The molecule has 0 amide bonds. The topological polar surface area (TPSA) is 111 Å². The summed E-state index contributed by atoms with van der Waals surface area (Å²) in [5.41, 5.74) is 1.07. The summed E-state index contributed by atoms with van der Waals surface area (Å²) in [6.07, 6.45) is 3.17. The molecule has 2 N–H and O–H groups in total. The predicted molar refractivity (Wildman–Crippen MR) is 97.6 cm³/mol. The molecule has 0 aliphatic heterocycles. The van der Waals surface area contributed by atoms with Crippen molar-refractivity contribution in [2.75, 3.05) is 12.4 Å². The Balaban J connectivity index is 1.79. The number of anilines is 1.